The van der Waals surface area contributed by atoms with Crippen molar-refractivity contribution >= 4 is 21.4 Å². The molecule has 1 unspecified atom stereocenters. The monoisotopic (exact) mass is 382 g/mol. The van der Waals surface area contributed by atoms with Gasteiger partial charge in [-0.25, -0.2) is 13.9 Å². The maximum absolute atomic E-state index is 13.1. The third kappa shape index (κ3) is 3.99. The molecular weight excluding hydrogens is 363 g/mol. The number of aromatic nitrogens is 3. The summed E-state index contributed by atoms with van der Waals surface area (Å²) < 4.78 is 14.8. The zero-order valence-electron chi connectivity index (χ0n) is 14.5. The molecule has 0 fully saturated rings. The van der Waals surface area contributed by atoms with Crippen molar-refractivity contribution in [3.8, 4) is 11.3 Å². The lowest BCUT2D eigenvalue weighted by atomic mass is 9.96. The summed E-state index contributed by atoms with van der Waals surface area (Å²) in [6.07, 6.45) is 2.53. The molecule has 0 saturated carbocycles. The molecule has 138 valence electrons. The van der Waals surface area contributed by atoms with Gasteiger partial charge in [-0.2, -0.15) is 0 Å². The molecule has 4 aromatic rings. The Morgan fingerprint density at radius 3 is 2.59 bits per heavy atom. The largest absolute Gasteiger partial charge is 0.396 e. The fourth-order valence-electron chi connectivity index (χ4n) is 3.01. The number of aliphatic hydroxyl groups is 1. The van der Waals surface area contributed by atoms with Gasteiger partial charge in [0, 0.05) is 24.6 Å². The molecule has 2 aromatic heterocycles. The van der Waals surface area contributed by atoms with E-state index in [9.17, 15) is 9.50 Å². The minimum atomic E-state index is -0.264. The van der Waals surface area contributed by atoms with Crippen LogP contribution in [0, 0.1) is 5.82 Å². The molecule has 5 nitrogen and oxygen atoms in total. The summed E-state index contributed by atoms with van der Waals surface area (Å²) in [4.78, 5) is 5.34. The van der Waals surface area contributed by atoms with Crippen LogP contribution in [-0.2, 0) is 0 Å². The molecule has 2 aromatic carbocycles. The van der Waals surface area contributed by atoms with Crippen LogP contribution >= 0.6 is 11.3 Å². The number of benzene rings is 2. The van der Waals surface area contributed by atoms with E-state index in [1.54, 1.807) is 16.6 Å². The summed E-state index contributed by atoms with van der Waals surface area (Å²) in [7, 11) is 0. The number of nitrogens with zero attached hydrogens (tertiary/aromatic N) is 3. The number of aliphatic hydroxyl groups excluding tert-OH is 1. The molecule has 27 heavy (non-hydrogen) atoms. The van der Waals surface area contributed by atoms with Crippen molar-refractivity contribution in [2.75, 3.05) is 18.5 Å². The quantitative estimate of drug-likeness (QED) is 0.503. The number of hydrogen-bond donors (Lipinski definition) is 2. The topological polar surface area (TPSA) is 62.5 Å². The second-order valence-corrected chi connectivity index (χ2v) is 7.22. The minimum Gasteiger partial charge on any atom is -0.396 e. The van der Waals surface area contributed by atoms with E-state index in [1.807, 2.05) is 24.4 Å². The number of halogens is 1. The molecule has 7 heteroatoms. The number of nitrogens with one attached hydrogen (secondary N) is 1. The molecule has 2 heterocycles. The second kappa shape index (κ2) is 7.85. The maximum Gasteiger partial charge on any atom is 0.214 e. The van der Waals surface area contributed by atoms with Gasteiger partial charge in [-0.15, -0.1) is 5.10 Å². The number of hydrogen-bond acceptors (Lipinski definition) is 5. The third-order valence-corrected chi connectivity index (χ3v) is 5.31. The Morgan fingerprint density at radius 2 is 1.89 bits per heavy atom. The average Bonchev–Trinajstić information content (AvgIpc) is 3.25. The Kier molecular flexibility index (Phi) is 5.13. The van der Waals surface area contributed by atoms with Crippen LogP contribution in [0.5, 0.6) is 0 Å². The summed E-state index contributed by atoms with van der Waals surface area (Å²) in [6, 6.07) is 16.4. The first-order valence-corrected chi connectivity index (χ1v) is 9.56. The molecule has 0 aliphatic rings. The molecule has 0 amide bonds. The predicted octanol–water partition coefficient (Wildman–Crippen LogP) is 4.18. The summed E-state index contributed by atoms with van der Waals surface area (Å²) in [6.45, 7) is 0.829. The second-order valence-electron chi connectivity index (χ2n) is 6.27. The fraction of sp³-hybridized carbons (Fsp3) is 0.200. The molecule has 0 aliphatic heterocycles. The molecule has 0 bridgehead atoms. The molecule has 1 atom stereocenters. The van der Waals surface area contributed by atoms with Crippen molar-refractivity contribution in [2.24, 2.45) is 0 Å². The van der Waals surface area contributed by atoms with E-state index in [-0.39, 0.29) is 18.3 Å². The lowest BCUT2D eigenvalue weighted by Gasteiger charge is -2.16. The molecule has 2 N–H and O–H groups in total. The van der Waals surface area contributed by atoms with Crippen LogP contribution in [0.3, 0.4) is 0 Å². The lowest BCUT2D eigenvalue weighted by molar-refractivity contribution is 0.277. The Hall–Kier alpha value is -2.77. The van der Waals surface area contributed by atoms with Crippen LogP contribution in [0.25, 0.3) is 16.2 Å². The summed E-state index contributed by atoms with van der Waals surface area (Å²) in [5, 5.41) is 18.0. The van der Waals surface area contributed by atoms with Crippen LogP contribution in [0.1, 0.15) is 17.9 Å². The van der Waals surface area contributed by atoms with Gasteiger partial charge in [0.25, 0.3) is 0 Å². The van der Waals surface area contributed by atoms with Crippen LogP contribution in [0.15, 0.2) is 60.8 Å². The highest BCUT2D eigenvalue weighted by atomic mass is 32.1. The van der Waals surface area contributed by atoms with Gasteiger partial charge in [0.15, 0.2) is 0 Å². The number of anilines is 1. The average molecular weight is 382 g/mol. The van der Waals surface area contributed by atoms with Crippen molar-refractivity contribution in [1.29, 1.82) is 0 Å². The van der Waals surface area contributed by atoms with E-state index in [2.05, 4.69) is 27.5 Å². The molecule has 4 rings (SSSR count). The van der Waals surface area contributed by atoms with Crippen molar-refractivity contribution in [3.05, 3.63) is 72.2 Å². The van der Waals surface area contributed by atoms with E-state index >= 15 is 0 Å². The zero-order valence-corrected chi connectivity index (χ0v) is 15.4. The van der Waals surface area contributed by atoms with Crippen LogP contribution in [0.2, 0.25) is 0 Å². The highest BCUT2D eigenvalue weighted by molar-refractivity contribution is 7.20. The zero-order chi connectivity index (χ0) is 18.6. The highest BCUT2D eigenvalue weighted by Crippen LogP contribution is 2.26. The summed E-state index contributed by atoms with van der Waals surface area (Å²) >= 11 is 1.46. The van der Waals surface area contributed by atoms with Gasteiger partial charge in [-0.05, 0) is 36.2 Å². The smallest absolute Gasteiger partial charge is 0.214 e. The van der Waals surface area contributed by atoms with E-state index in [0.717, 1.165) is 21.3 Å². The number of rotatable bonds is 7. The summed E-state index contributed by atoms with van der Waals surface area (Å²) in [5.41, 5.74) is 2.82. The van der Waals surface area contributed by atoms with Crippen LogP contribution in [-0.4, -0.2) is 32.9 Å². The Morgan fingerprint density at radius 1 is 1.11 bits per heavy atom. The van der Waals surface area contributed by atoms with Crippen molar-refractivity contribution in [3.63, 3.8) is 0 Å². The maximum atomic E-state index is 13.1. The molecular formula is C20H19FN4OS. The first-order valence-electron chi connectivity index (χ1n) is 8.75. The van der Waals surface area contributed by atoms with Gasteiger partial charge in [0.2, 0.25) is 10.1 Å². The van der Waals surface area contributed by atoms with Crippen LogP contribution in [0.4, 0.5) is 9.52 Å². The van der Waals surface area contributed by atoms with Gasteiger partial charge in [-0.3, -0.25) is 0 Å². The number of fused-ring (bicyclic) bond motifs is 1. The normalized spacial score (nSPS) is 12.4. The van der Waals surface area contributed by atoms with Gasteiger partial charge in [-0.1, -0.05) is 41.7 Å². The highest BCUT2D eigenvalue weighted by Gasteiger charge is 2.14. The van der Waals surface area contributed by atoms with Gasteiger partial charge >= 0.3 is 0 Å². The predicted molar refractivity (Wildman–Crippen MR) is 106 cm³/mol. The first kappa shape index (κ1) is 17.6. The van der Waals surface area contributed by atoms with Crippen molar-refractivity contribution < 1.29 is 9.50 Å². The Bertz CT molecular complexity index is 982. The Balaban J connectivity index is 1.48. The molecule has 0 saturated heterocycles. The number of imidazole rings is 1. The van der Waals surface area contributed by atoms with Gasteiger partial charge in [0.1, 0.15) is 5.82 Å². The fourth-order valence-corrected chi connectivity index (χ4v) is 3.80. The summed E-state index contributed by atoms with van der Waals surface area (Å²) in [5.74, 6) is -0.0533. The van der Waals surface area contributed by atoms with Crippen molar-refractivity contribution in [1.82, 2.24) is 14.6 Å². The molecule has 0 aliphatic carbocycles. The Labute approximate surface area is 160 Å². The molecule has 0 spiro atoms. The van der Waals surface area contributed by atoms with Gasteiger partial charge < -0.3 is 10.4 Å². The standard InChI is InChI=1S/C20H19FN4OS/c21-17-8-6-15(7-9-17)18-13-25-20(23-18)27-19(24-25)22-12-16(10-11-26)14-4-2-1-3-5-14/h1-9,13,16,26H,10-12H2,(H,22,24). The minimum absolute atomic E-state index is 0.142. The first-order chi connectivity index (χ1) is 13.2. The van der Waals surface area contributed by atoms with E-state index in [4.69, 9.17) is 0 Å². The molecule has 0 radical (unpaired) electrons. The van der Waals surface area contributed by atoms with Crippen LogP contribution < -0.4 is 5.32 Å². The van der Waals surface area contributed by atoms with Gasteiger partial charge in [0.05, 0.1) is 11.9 Å². The van der Waals surface area contributed by atoms with E-state index in [0.29, 0.717) is 13.0 Å². The van der Waals surface area contributed by atoms with Crippen molar-refractivity contribution in [2.45, 2.75) is 12.3 Å². The SMILES string of the molecule is OCCC(CNc1nn2cc(-c3ccc(F)cc3)nc2s1)c1ccccc1. The van der Waals surface area contributed by atoms with E-state index < -0.39 is 0 Å². The lowest BCUT2D eigenvalue weighted by Crippen LogP contribution is -2.14. The van der Waals surface area contributed by atoms with E-state index in [1.165, 1.54) is 29.0 Å². The third-order valence-electron chi connectivity index (χ3n) is 4.43.